The van der Waals surface area contributed by atoms with Gasteiger partial charge in [0.2, 0.25) is 11.8 Å². The lowest BCUT2D eigenvalue weighted by Crippen LogP contribution is -2.46. The van der Waals surface area contributed by atoms with Gasteiger partial charge in [-0.15, -0.1) is 0 Å². The molecule has 0 aliphatic rings. The van der Waals surface area contributed by atoms with Crippen LogP contribution in [0.3, 0.4) is 0 Å². The van der Waals surface area contributed by atoms with E-state index in [0.717, 1.165) is 11.1 Å². The third kappa shape index (κ3) is 4.90. The van der Waals surface area contributed by atoms with Crippen molar-refractivity contribution in [2.45, 2.75) is 18.9 Å². The summed E-state index contributed by atoms with van der Waals surface area (Å²) in [5.74, 6) is -0.791. The first-order chi connectivity index (χ1) is 10.5. The topological polar surface area (TPSA) is 72.2 Å². The zero-order valence-electron chi connectivity index (χ0n) is 12.0. The fourth-order valence-electron chi connectivity index (χ4n) is 2.11. The fraction of sp³-hybridized carbons (Fsp3) is 0.176. The lowest BCUT2D eigenvalue weighted by atomic mass is 10.0. The van der Waals surface area contributed by atoms with Gasteiger partial charge in [-0.1, -0.05) is 54.1 Å². The van der Waals surface area contributed by atoms with Crippen molar-refractivity contribution in [3.05, 3.63) is 70.7 Å². The van der Waals surface area contributed by atoms with Gasteiger partial charge in [-0.3, -0.25) is 9.59 Å². The summed E-state index contributed by atoms with van der Waals surface area (Å²) in [6, 6.07) is 15.7. The number of amides is 2. The molecule has 0 aliphatic heterocycles. The molecule has 2 aromatic rings. The fourth-order valence-corrected chi connectivity index (χ4v) is 2.23. The van der Waals surface area contributed by atoms with E-state index in [1.165, 1.54) is 0 Å². The van der Waals surface area contributed by atoms with E-state index in [9.17, 15) is 9.59 Å². The Bertz CT molecular complexity index is 641. The van der Waals surface area contributed by atoms with Crippen molar-refractivity contribution in [3.8, 4) is 0 Å². The van der Waals surface area contributed by atoms with Crippen molar-refractivity contribution >= 4 is 23.4 Å². The molecule has 0 heterocycles. The zero-order valence-corrected chi connectivity index (χ0v) is 12.7. The van der Waals surface area contributed by atoms with Crippen LogP contribution in [0.1, 0.15) is 11.1 Å². The summed E-state index contributed by atoms with van der Waals surface area (Å²) in [4.78, 5) is 23.6. The van der Waals surface area contributed by atoms with Crippen molar-refractivity contribution in [1.82, 2.24) is 5.32 Å². The summed E-state index contributed by atoms with van der Waals surface area (Å²) in [5, 5.41) is 3.30. The molecular formula is C17H17ClN2O2. The number of hydrogen-bond donors (Lipinski definition) is 2. The number of primary amides is 1. The summed E-state index contributed by atoms with van der Waals surface area (Å²) in [5.41, 5.74) is 7.14. The van der Waals surface area contributed by atoms with Crippen molar-refractivity contribution in [2.75, 3.05) is 0 Å². The Labute approximate surface area is 134 Å². The van der Waals surface area contributed by atoms with Crippen LogP contribution in [0.25, 0.3) is 0 Å². The van der Waals surface area contributed by atoms with Gasteiger partial charge in [0.25, 0.3) is 0 Å². The summed E-state index contributed by atoms with van der Waals surface area (Å²) in [6.45, 7) is 0. The first-order valence-electron chi connectivity index (χ1n) is 6.91. The Morgan fingerprint density at radius 2 is 1.64 bits per heavy atom. The van der Waals surface area contributed by atoms with Crippen molar-refractivity contribution < 1.29 is 9.59 Å². The first kappa shape index (κ1) is 16.0. The van der Waals surface area contributed by atoms with E-state index in [1.54, 1.807) is 12.1 Å². The molecule has 0 fully saturated rings. The maximum atomic E-state index is 12.0. The number of hydrogen-bond acceptors (Lipinski definition) is 2. The molecule has 22 heavy (non-hydrogen) atoms. The Kier molecular flexibility index (Phi) is 5.55. The van der Waals surface area contributed by atoms with Crippen LogP contribution in [-0.4, -0.2) is 17.9 Å². The molecule has 0 spiro atoms. The molecule has 5 heteroatoms. The highest BCUT2D eigenvalue weighted by Gasteiger charge is 2.18. The van der Waals surface area contributed by atoms with Crippen molar-refractivity contribution in [1.29, 1.82) is 0 Å². The summed E-state index contributed by atoms with van der Waals surface area (Å²) in [7, 11) is 0. The van der Waals surface area contributed by atoms with E-state index in [-0.39, 0.29) is 12.3 Å². The molecule has 0 radical (unpaired) electrons. The summed E-state index contributed by atoms with van der Waals surface area (Å²) < 4.78 is 0. The van der Waals surface area contributed by atoms with Gasteiger partial charge in [-0.2, -0.15) is 0 Å². The van der Waals surface area contributed by atoms with Crippen LogP contribution in [0.5, 0.6) is 0 Å². The second-order valence-corrected chi connectivity index (χ2v) is 5.45. The second kappa shape index (κ2) is 7.61. The van der Waals surface area contributed by atoms with Crippen molar-refractivity contribution in [3.63, 3.8) is 0 Å². The molecule has 0 aliphatic carbocycles. The lowest BCUT2D eigenvalue weighted by molar-refractivity contribution is -0.127. The average Bonchev–Trinajstić information content (AvgIpc) is 2.49. The van der Waals surface area contributed by atoms with E-state index >= 15 is 0 Å². The Balaban J connectivity index is 1.98. The molecule has 0 saturated carbocycles. The number of carbonyl (C=O) groups is 2. The van der Waals surface area contributed by atoms with Gasteiger partial charge in [-0.25, -0.2) is 0 Å². The van der Waals surface area contributed by atoms with E-state index in [2.05, 4.69) is 5.32 Å². The zero-order chi connectivity index (χ0) is 15.9. The normalized spacial score (nSPS) is 11.7. The highest BCUT2D eigenvalue weighted by molar-refractivity contribution is 6.30. The van der Waals surface area contributed by atoms with Crippen LogP contribution in [-0.2, 0) is 22.4 Å². The number of halogens is 1. The van der Waals surface area contributed by atoms with Gasteiger partial charge in [-0.05, 0) is 23.3 Å². The number of nitrogens with two attached hydrogens (primary N) is 1. The second-order valence-electron chi connectivity index (χ2n) is 5.02. The number of benzene rings is 2. The van der Waals surface area contributed by atoms with Crippen LogP contribution in [0.15, 0.2) is 54.6 Å². The maximum Gasteiger partial charge on any atom is 0.240 e. The third-order valence-electron chi connectivity index (χ3n) is 3.24. The minimum absolute atomic E-state index is 0.214. The van der Waals surface area contributed by atoms with Gasteiger partial charge in [0.15, 0.2) is 0 Å². The Hall–Kier alpha value is -2.33. The lowest BCUT2D eigenvalue weighted by Gasteiger charge is -2.15. The van der Waals surface area contributed by atoms with Crippen LogP contribution in [0.4, 0.5) is 0 Å². The van der Waals surface area contributed by atoms with Crippen LogP contribution in [0.2, 0.25) is 5.02 Å². The molecule has 4 nitrogen and oxygen atoms in total. The molecule has 0 saturated heterocycles. The van der Waals surface area contributed by atoms with Gasteiger partial charge in [0, 0.05) is 11.4 Å². The SMILES string of the molecule is NC(=O)[C@H](Cc1ccc(Cl)cc1)NC(=O)Cc1ccccc1. The number of nitrogens with one attached hydrogen (secondary N) is 1. The molecule has 2 amide bonds. The smallest absolute Gasteiger partial charge is 0.240 e. The quantitative estimate of drug-likeness (QED) is 0.856. The maximum absolute atomic E-state index is 12.0. The van der Waals surface area contributed by atoms with Crippen LogP contribution < -0.4 is 11.1 Å². The molecular weight excluding hydrogens is 300 g/mol. The highest BCUT2D eigenvalue weighted by Crippen LogP contribution is 2.11. The van der Waals surface area contributed by atoms with Crippen molar-refractivity contribution in [2.24, 2.45) is 5.73 Å². The molecule has 0 unspecified atom stereocenters. The van der Waals surface area contributed by atoms with E-state index < -0.39 is 11.9 Å². The standard InChI is InChI=1S/C17H17ClN2O2/c18-14-8-6-13(7-9-14)10-15(17(19)22)20-16(21)11-12-4-2-1-3-5-12/h1-9,15H,10-11H2,(H2,19,22)(H,20,21)/t15-/m0/s1. The first-order valence-corrected chi connectivity index (χ1v) is 7.29. The van der Waals surface area contributed by atoms with Crippen LogP contribution in [0, 0.1) is 0 Å². The molecule has 1 atom stereocenters. The third-order valence-corrected chi connectivity index (χ3v) is 3.49. The minimum Gasteiger partial charge on any atom is -0.368 e. The van der Waals surface area contributed by atoms with Gasteiger partial charge in [0.1, 0.15) is 6.04 Å². The summed E-state index contributed by atoms with van der Waals surface area (Å²) >= 11 is 5.82. The Morgan fingerprint density at radius 3 is 2.23 bits per heavy atom. The van der Waals surface area contributed by atoms with Crippen LogP contribution >= 0.6 is 11.6 Å². The van der Waals surface area contributed by atoms with Gasteiger partial charge >= 0.3 is 0 Å². The van der Waals surface area contributed by atoms with E-state index in [0.29, 0.717) is 11.4 Å². The Morgan fingerprint density at radius 1 is 1.00 bits per heavy atom. The molecule has 3 N–H and O–H groups in total. The molecule has 0 bridgehead atoms. The number of carbonyl (C=O) groups excluding carboxylic acids is 2. The van der Waals surface area contributed by atoms with E-state index in [4.69, 9.17) is 17.3 Å². The molecule has 114 valence electrons. The monoisotopic (exact) mass is 316 g/mol. The molecule has 2 aromatic carbocycles. The minimum atomic E-state index is -0.739. The van der Waals surface area contributed by atoms with Gasteiger partial charge < -0.3 is 11.1 Å². The summed E-state index contributed by atoms with van der Waals surface area (Å²) in [6.07, 6.45) is 0.554. The van der Waals surface area contributed by atoms with Gasteiger partial charge in [0.05, 0.1) is 6.42 Å². The molecule has 2 rings (SSSR count). The number of rotatable bonds is 6. The predicted octanol–water partition coefficient (Wildman–Crippen LogP) is 2.10. The predicted molar refractivity (Wildman–Crippen MR) is 86.4 cm³/mol. The average molecular weight is 317 g/mol. The van der Waals surface area contributed by atoms with E-state index in [1.807, 2.05) is 42.5 Å². The largest absolute Gasteiger partial charge is 0.368 e. The highest BCUT2D eigenvalue weighted by atomic mass is 35.5. The molecule has 0 aromatic heterocycles.